The number of carbonyl (C=O) groups excluding carboxylic acids is 3. The highest BCUT2D eigenvalue weighted by Crippen LogP contribution is 2.41. The number of amides is 4. The Hall–Kier alpha value is -5.74. The number of methoxy groups -OCH3 is 3. The van der Waals surface area contributed by atoms with Crippen molar-refractivity contribution in [3.05, 3.63) is 71.6 Å². The molecule has 2 aromatic carbocycles. The number of nitrogens with zero attached hydrogens (tertiary/aromatic N) is 5. The molecule has 2 saturated heterocycles. The van der Waals surface area contributed by atoms with Gasteiger partial charge in [-0.2, -0.15) is 0 Å². The number of likely N-dealkylation sites (N-methyl/N-ethyl adjacent to an activating group) is 1. The number of carbonyl (C=O) groups is 4. The molecular formula is C41H50N8O8. The Morgan fingerprint density at radius 2 is 1.32 bits per heavy atom. The number of aromatic nitrogens is 4. The van der Waals surface area contributed by atoms with Crippen molar-refractivity contribution in [1.82, 2.24) is 40.0 Å². The summed E-state index contributed by atoms with van der Waals surface area (Å²) in [7, 11) is 5.61. The number of imidazole rings is 2. The van der Waals surface area contributed by atoms with E-state index < -0.39 is 36.5 Å². The molecule has 0 spiro atoms. The normalized spacial score (nSPS) is 19.4. The average molecular weight is 783 g/mol. The summed E-state index contributed by atoms with van der Waals surface area (Å²) in [6.45, 7) is 4.47. The van der Waals surface area contributed by atoms with Crippen LogP contribution < -0.4 is 5.32 Å². The molecule has 4 N–H and O–H groups in total. The van der Waals surface area contributed by atoms with Gasteiger partial charge in [-0.25, -0.2) is 19.6 Å². The molecular weight excluding hydrogens is 732 g/mol. The second-order valence-corrected chi connectivity index (χ2v) is 15.0. The number of fused-ring (bicyclic) bond motifs is 3. The number of H-pyrrole nitrogens is 2. The van der Waals surface area contributed by atoms with Gasteiger partial charge in [0.25, 0.3) is 0 Å². The number of rotatable bonds is 12. The average Bonchev–Trinajstić information content (AvgIpc) is 4.07. The van der Waals surface area contributed by atoms with Gasteiger partial charge in [0.2, 0.25) is 11.8 Å². The molecule has 302 valence electrons. The first-order valence-electron chi connectivity index (χ1n) is 19.3. The van der Waals surface area contributed by atoms with E-state index in [2.05, 4.69) is 51.7 Å². The van der Waals surface area contributed by atoms with Crippen molar-refractivity contribution >= 4 is 24.0 Å². The highest BCUT2D eigenvalue weighted by atomic mass is 16.5. The summed E-state index contributed by atoms with van der Waals surface area (Å²) in [5.41, 5.74) is 8.36. The molecule has 7 rings (SSSR count). The van der Waals surface area contributed by atoms with Gasteiger partial charge >= 0.3 is 12.2 Å². The molecule has 16 nitrogen and oxygen atoms in total. The Morgan fingerprint density at radius 1 is 0.807 bits per heavy atom. The van der Waals surface area contributed by atoms with E-state index >= 15 is 0 Å². The Morgan fingerprint density at radius 3 is 1.79 bits per heavy atom. The number of hydrogen-bond donors (Lipinski definition) is 4. The summed E-state index contributed by atoms with van der Waals surface area (Å²) in [6.07, 6.45) is 4.28. The van der Waals surface area contributed by atoms with Gasteiger partial charge in [-0.05, 0) is 91.5 Å². The lowest BCUT2D eigenvalue weighted by atomic mass is 10.0. The minimum absolute atomic E-state index is 0.251. The number of nitrogens with one attached hydrogen (secondary N) is 3. The van der Waals surface area contributed by atoms with Crippen molar-refractivity contribution in [3.8, 4) is 33.6 Å². The first-order valence-corrected chi connectivity index (χ1v) is 19.3. The van der Waals surface area contributed by atoms with Gasteiger partial charge in [-0.3, -0.25) is 14.5 Å². The molecule has 4 amide bonds. The molecule has 3 aliphatic rings. The van der Waals surface area contributed by atoms with Gasteiger partial charge in [-0.1, -0.05) is 24.3 Å². The van der Waals surface area contributed by atoms with Crippen LogP contribution in [0.15, 0.2) is 48.8 Å². The van der Waals surface area contributed by atoms with E-state index in [1.807, 2.05) is 0 Å². The van der Waals surface area contributed by atoms with Crippen LogP contribution in [0, 0.1) is 0 Å². The molecule has 0 bridgehead atoms. The maximum absolute atomic E-state index is 13.8. The molecule has 1 aliphatic carbocycles. The molecule has 0 radical (unpaired) electrons. The third-order valence-corrected chi connectivity index (χ3v) is 11.8. The minimum Gasteiger partial charge on any atom is -0.465 e. The summed E-state index contributed by atoms with van der Waals surface area (Å²) in [6, 6.07) is 10.3. The Kier molecular flexibility index (Phi) is 11.4. The predicted molar refractivity (Wildman–Crippen MR) is 209 cm³/mol. The Bertz CT molecular complexity index is 2150. The van der Waals surface area contributed by atoms with E-state index in [0.717, 1.165) is 53.1 Å². The van der Waals surface area contributed by atoms with Crippen LogP contribution in [-0.4, -0.2) is 130 Å². The lowest BCUT2D eigenvalue weighted by Crippen LogP contribution is -2.54. The summed E-state index contributed by atoms with van der Waals surface area (Å²) in [5, 5.41) is 12.3. The highest BCUT2D eigenvalue weighted by molar-refractivity contribution is 5.88. The van der Waals surface area contributed by atoms with Crippen molar-refractivity contribution in [2.75, 3.05) is 41.5 Å². The Balaban J connectivity index is 1.05. The lowest BCUT2D eigenvalue weighted by molar-refractivity contribution is -0.141. The number of hydrogen-bond acceptors (Lipinski definition) is 9. The molecule has 2 aliphatic heterocycles. The van der Waals surface area contributed by atoms with Crippen molar-refractivity contribution < 1.29 is 38.5 Å². The molecule has 2 fully saturated rings. The molecule has 4 aromatic rings. The summed E-state index contributed by atoms with van der Waals surface area (Å²) < 4.78 is 15.6. The summed E-state index contributed by atoms with van der Waals surface area (Å²) in [5.74, 6) is 0.796. The van der Waals surface area contributed by atoms with Gasteiger partial charge < -0.3 is 44.4 Å². The number of likely N-dealkylation sites (tertiary alicyclic amines) is 2. The van der Waals surface area contributed by atoms with Crippen molar-refractivity contribution in [2.45, 2.75) is 82.3 Å². The quantitative estimate of drug-likeness (QED) is 0.132. The highest BCUT2D eigenvalue weighted by Gasteiger charge is 2.41. The molecule has 4 heterocycles. The van der Waals surface area contributed by atoms with E-state index in [9.17, 15) is 24.3 Å². The Labute approximate surface area is 330 Å². The largest absolute Gasteiger partial charge is 0.465 e. The zero-order valence-corrected chi connectivity index (χ0v) is 33.1. The first-order chi connectivity index (χ1) is 27.4. The second-order valence-electron chi connectivity index (χ2n) is 15.0. The van der Waals surface area contributed by atoms with Crippen LogP contribution in [0.2, 0.25) is 0 Å². The minimum atomic E-state index is -1.19. The molecule has 0 unspecified atom stereocenters. The molecule has 16 heteroatoms. The smallest absolute Gasteiger partial charge is 0.407 e. The van der Waals surface area contributed by atoms with Gasteiger partial charge in [0, 0.05) is 34.4 Å². The van der Waals surface area contributed by atoms with Crippen LogP contribution in [-0.2, 0) is 30.2 Å². The molecule has 0 saturated carbocycles. The fourth-order valence-corrected chi connectivity index (χ4v) is 8.46. The standard InChI is InChI=1S/C41H50N8O8/c1-22(55-4)34(46-40(52)57-6)38(50)48-15-7-9-32(48)36-42-20-30(44-36)24-11-13-28-26(17-24)19-27-18-25(12-14-29(27)28)31-21-43-37(45-31)33-10-8-16-49(33)39(51)35(23(2)56-5)47(3)41(53)54/h11-14,17-18,20-23,32-35H,7-10,15-16,19H2,1-6H3,(H,42,44)(H,43,45)(H,46,52)(H,53,54)/t22-,23-,32+,33+,34+,35+/m1/s1. The fourth-order valence-electron chi connectivity index (χ4n) is 8.46. The van der Waals surface area contributed by atoms with Gasteiger partial charge in [0.15, 0.2) is 0 Å². The van der Waals surface area contributed by atoms with Gasteiger partial charge in [-0.15, -0.1) is 0 Å². The van der Waals surface area contributed by atoms with Gasteiger partial charge in [0.05, 0.1) is 55.2 Å². The van der Waals surface area contributed by atoms with E-state index in [1.54, 1.807) is 36.0 Å². The van der Waals surface area contributed by atoms with Crippen LogP contribution in [0.25, 0.3) is 33.6 Å². The van der Waals surface area contributed by atoms with E-state index in [0.29, 0.717) is 31.2 Å². The zero-order valence-electron chi connectivity index (χ0n) is 33.1. The zero-order chi connectivity index (χ0) is 40.5. The maximum Gasteiger partial charge on any atom is 0.407 e. The maximum atomic E-state index is 13.8. The van der Waals surface area contributed by atoms with E-state index in [-0.39, 0.29) is 23.9 Å². The predicted octanol–water partition coefficient (Wildman–Crippen LogP) is 5.14. The van der Waals surface area contributed by atoms with Crippen LogP contribution >= 0.6 is 0 Å². The van der Waals surface area contributed by atoms with Crippen molar-refractivity contribution in [2.24, 2.45) is 0 Å². The first kappa shape index (κ1) is 39.5. The number of alkyl carbamates (subject to hydrolysis) is 1. The number of ether oxygens (including phenoxy) is 3. The SMILES string of the molecule is COC(=O)N[C@H](C(=O)N1CCC[C@H]1c1ncc(-c2ccc3c(c2)Cc2cc(-c4cnc([C@@H]5CCCN5C(=O)[C@H]([C@@H](C)OC)N(C)C(=O)O)[nH]4)ccc2-3)[nH]1)[C@@H](C)OC. The van der Waals surface area contributed by atoms with Crippen LogP contribution in [0.5, 0.6) is 0 Å². The molecule has 57 heavy (non-hydrogen) atoms. The lowest BCUT2D eigenvalue weighted by Gasteiger charge is -2.34. The third-order valence-electron chi connectivity index (χ3n) is 11.8. The van der Waals surface area contributed by atoms with Crippen molar-refractivity contribution in [3.63, 3.8) is 0 Å². The molecule has 2 aromatic heterocycles. The van der Waals surface area contributed by atoms with E-state index in [1.165, 1.54) is 50.6 Å². The third kappa shape index (κ3) is 7.58. The topological polar surface area (TPSA) is 195 Å². The fraction of sp³-hybridized carbons (Fsp3) is 0.463. The number of benzene rings is 2. The molecule has 6 atom stereocenters. The monoisotopic (exact) mass is 782 g/mol. The summed E-state index contributed by atoms with van der Waals surface area (Å²) in [4.78, 5) is 72.1. The van der Waals surface area contributed by atoms with Crippen LogP contribution in [0.3, 0.4) is 0 Å². The summed E-state index contributed by atoms with van der Waals surface area (Å²) >= 11 is 0. The van der Waals surface area contributed by atoms with Crippen LogP contribution in [0.4, 0.5) is 9.59 Å². The van der Waals surface area contributed by atoms with Crippen LogP contribution in [0.1, 0.15) is 74.4 Å². The van der Waals surface area contributed by atoms with Gasteiger partial charge in [0.1, 0.15) is 23.7 Å². The number of aromatic amines is 2. The van der Waals surface area contributed by atoms with Crippen molar-refractivity contribution in [1.29, 1.82) is 0 Å². The second kappa shape index (κ2) is 16.4. The number of carboxylic acid groups (broad SMARTS) is 1. The van der Waals surface area contributed by atoms with E-state index in [4.69, 9.17) is 24.2 Å².